The van der Waals surface area contributed by atoms with Crippen LogP contribution in [0.2, 0.25) is 0 Å². The highest BCUT2D eigenvalue weighted by Crippen LogP contribution is 2.09. The smallest absolute Gasteiger partial charge is 0.427 e. The third-order valence-corrected chi connectivity index (χ3v) is 2.64. The Labute approximate surface area is 69.4 Å². The molecule has 0 heterocycles. The van der Waals surface area contributed by atoms with E-state index >= 15 is 0 Å². The number of carbonyl (C=O) groups is 1. The zero-order valence-electron chi connectivity index (χ0n) is 5.97. The van der Waals surface area contributed by atoms with Gasteiger partial charge in [-0.25, -0.2) is 13.2 Å². The van der Waals surface area contributed by atoms with E-state index in [-0.39, 0.29) is 4.90 Å². The van der Waals surface area contributed by atoms with E-state index in [1.807, 2.05) is 0 Å². The minimum atomic E-state index is -4.16. The first-order valence-electron chi connectivity index (χ1n) is 3.08. The van der Waals surface area contributed by atoms with Crippen molar-refractivity contribution in [1.82, 2.24) is 0 Å². The van der Waals surface area contributed by atoms with Crippen molar-refractivity contribution in [1.29, 1.82) is 0 Å². The van der Waals surface area contributed by atoms with Crippen molar-refractivity contribution < 1.29 is 18.3 Å². The van der Waals surface area contributed by atoms with Crippen LogP contribution in [0.15, 0.2) is 35.2 Å². The highest BCUT2D eigenvalue weighted by molar-refractivity contribution is 8.05. The average molecular weight is 186 g/mol. The maximum absolute atomic E-state index is 10.9. The average Bonchev–Trinajstić information content (AvgIpc) is 2.06. The van der Waals surface area contributed by atoms with E-state index < -0.39 is 15.1 Å². The second-order valence-corrected chi connectivity index (χ2v) is 3.91. The van der Waals surface area contributed by atoms with Gasteiger partial charge in [0.05, 0.1) is 4.90 Å². The van der Waals surface area contributed by atoms with Crippen molar-refractivity contribution in [3.63, 3.8) is 0 Å². The molecule has 0 amide bonds. The number of sulfone groups is 1. The fraction of sp³-hybridized carbons (Fsp3) is 0. The van der Waals surface area contributed by atoms with Gasteiger partial charge < -0.3 is 5.11 Å². The monoisotopic (exact) mass is 186 g/mol. The van der Waals surface area contributed by atoms with E-state index in [9.17, 15) is 13.2 Å². The lowest BCUT2D eigenvalue weighted by atomic mass is 10.4. The van der Waals surface area contributed by atoms with Crippen LogP contribution < -0.4 is 0 Å². The van der Waals surface area contributed by atoms with Crippen molar-refractivity contribution in [2.24, 2.45) is 0 Å². The first-order chi connectivity index (χ1) is 5.55. The summed E-state index contributed by atoms with van der Waals surface area (Å²) < 4.78 is 21.9. The molecule has 4 nitrogen and oxygen atoms in total. The summed E-state index contributed by atoms with van der Waals surface area (Å²) in [6.07, 6.45) is 0. The molecule has 0 unspecified atom stereocenters. The molecule has 0 spiro atoms. The fourth-order valence-electron chi connectivity index (χ4n) is 0.700. The SMILES string of the molecule is O=C(O)S(=O)(=O)c1ccccc1. The predicted octanol–water partition coefficient (Wildman–Crippen LogP) is 1.14. The molecule has 0 atom stereocenters. The molecular formula is C7H6O4S. The molecule has 0 aromatic heterocycles. The van der Waals surface area contributed by atoms with Crippen molar-refractivity contribution in [2.45, 2.75) is 4.90 Å². The zero-order chi connectivity index (χ0) is 9.19. The maximum atomic E-state index is 10.9. The van der Waals surface area contributed by atoms with Gasteiger partial charge in [0, 0.05) is 0 Å². The van der Waals surface area contributed by atoms with Crippen molar-refractivity contribution >= 4 is 15.1 Å². The highest BCUT2D eigenvalue weighted by Gasteiger charge is 2.22. The first-order valence-corrected chi connectivity index (χ1v) is 4.56. The Morgan fingerprint density at radius 3 is 2.08 bits per heavy atom. The zero-order valence-corrected chi connectivity index (χ0v) is 6.78. The summed E-state index contributed by atoms with van der Waals surface area (Å²) in [5.41, 5.74) is 0. The standard InChI is InChI=1S/C7H6O4S/c8-7(9)12(10,11)6-4-2-1-3-5-6/h1-5H,(H,8,9). The summed E-state index contributed by atoms with van der Waals surface area (Å²) in [5, 5.41) is 6.48. The van der Waals surface area contributed by atoms with Gasteiger partial charge in [-0.05, 0) is 12.1 Å². The molecule has 5 heteroatoms. The molecule has 64 valence electrons. The van der Waals surface area contributed by atoms with Crippen molar-refractivity contribution in [2.75, 3.05) is 0 Å². The minimum Gasteiger partial charge on any atom is -0.469 e. The topological polar surface area (TPSA) is 71.4 Å². The van der Waals surface area contributed by atoms with Gasteiger partial charge >= 0.3 is 5.30 Å². The molecule has 1 N–H and O–H groups in total. The van der Waals surface area contributed by atoms with Gasteiger partial charge in [-0.2, -0.15) is 0 Å². The lowest BCUT2D eigenvalue weighted by Crippen LogP contribution is -2.11. The Bertz CT molecular complexity index is 379. The molecule has 1 rings (SSSR count). The molecular weight excluding hydrogens is 180 g/mol. The van der Waals surface area contributed by atoms with Crippen LogP contribution in [-0.4, -0.2) is 18.8 Å². The van der Waals surface area contributed by atoms with Crippen molar-refractivity contribution in [3.05, 3.63) is 30.3 Å². The van der Waals surface area contributed by atoms with E-state index in [0.717, 1.165) is 0 Å². The lowest BCUT2D eigenvalue weighted by Gasteiger charge is -1.95. The Hall–Kier alpha value is -1.36. The Balaban J connectivity index is 3.26. The fourth-order valence-corrected chi connectivity index (χ4v) is 1.42. The number of rotatable bonds is 1. The molecule has 0 aliphatic heterocycles. The first kappa shape index (κ1) is 8.73. The van der Waals surface area contributed by atoms with E-state index in [0.29, 0.717) is 0 Å². The molecule has 0 radical (unpaired) electrons. The van der Waals surface area contributed by atoms with Crippen LogP contribution in [0.5, 0.6) is 0 Å². The molecule has 0 aliphatic carbocycles. The molecule has 0 saturated heterocycles. The van der Waals surface area contributed by atoms with Crippen LogP contribution in [0, 0.1) is 0 Å². The van der Waals surface area contributed by atoms with Gasteiger partial charge in [0.15, 0.2) is 0 Å². The van der Waals surface area contributed by atoms with Gasteiger partial charge in [0.25, 0.3) is 9.84 Å². The van der Waals surface area contributed by atoms with Crippen LogP contribution in [-0.2, 0) is 9.84 Å². The molecule has 1 aromatic carbocycles. The summed E-state index contributed by atoms with van der Waals surface area (Å²) in [5.74, 6) is 0. The normalized spacial score (nSPS) is 11.0. The molecule has 12 heavy (non-hydrogen) atoms. The number of carboxylic acid groups (broad SMARTS) is 1. The van der Waals surface area contributed by atoms with Gasteiger partial charge in [-0.15, -0.1) is 0 Å². The van der Waals surface area contributed by atoms with E-state index in [2.05, 4.69) is 0 Å². The minimum absolute atomic E-state index is 0.197. The Kier molecular flexibility index (Phi) is 2.14. The maximum Gasteiger partial charge on any atom is 0.427 e. The van der Waals surface area contributed by atoms with E-state index in [4.69, 9.17) is 5.11 Å². The summed E-state index contributed by atoms with van der Waals surface area (Å²) in [7, 11) is -4.16. The van der Waals surface area contributed by atoms with Crippen LogP contribution in [0.1, 0.15) is 0 Å². The summed E-state index contributed by atoms with van der Waals surface area (Å²) in [6, 6.07) is 7.03. The summed E-state index contributed by atoms with van der Waals surface area (Å²) >= 11 is 0. The van der Waals surface area contributed by atoms with Gasteiger partial charge in [-0.3, -0.25) is 0 Å². The lowest BCUT2D eigenvalue weighted by molar-refractivity contribution is 0.219. The Morgan fingerprint density at radius 1 is 1.17 bits per heavy atom. The highest BCUT2D eigenvalue weighted by atomic mass is 32.2. The van der Waals surface area contributed by atoms with E-state index in [1.165, 1.54) is 24.3 Å². The van der Waals surface area contributed by atoms with Crippen LogP contribution in [0.3, 0.4) is 0 Å². The van der Waals surface area contributed by atoms with Gasteiger partial charge in [0.1, 0.15) is 0 Å². The molecule has 0 fully saturated rings. The second kappa shape index (κ2) is 2.94. The number of hydrogen-bond donors (Lipinski definition) is 1. The quantitative estimate of drug-likeness (QED) is 0.713. The third kappa shape index (κ3) is 1.45. The molecule has 1 aromatic rings. The largest absolute Gasteiger partial charge is 0.469 e. The molecule has 0 saturated carbocycles. The van der Waals surface area contributed by atoms with Crippen LogP contribution in [0.4, 0.5) is 4.79 Å². The van der Waals surface area contributed by atoms with Gasteiger partial charge in [0.2, 0.25) is 0 Å². The third-order valence-electron chi connectivity index (χ3n) is 1.28. The second-order valence-electron chi connectivity index (χ2n) is 2.08. The van der Waals surface area contributed by atoms with Crippen molar-refractivity contribution in [3.8, 4) is 0 Å². The summed E-state index contributed by atoms with van der Waals surface area (Å²) in [4.78, 5) is 10.0. The van der Waals surface area contributed by atoms with Crippen LogP contribution >= 0.6 is 0 Å². The predicted molar refractivity (Wildman–Crippen MR) is 41.7 cm³/mol. The number of benzene rings is 1. The number of hydrogen-bond acceptors (Lipinski definition) is 3. The van der Waals surface area contributed by atoms with Gasteiger partial charge in [-0.1, -0.05) is 18.2 Å². The summed E-state index contributed by atoms with van der Waals surface area (Å²) in [6.45, 7) is 0. The van der Waals surface area contributed by atoms with Crippen LogP contribution in [0.25, 0.3) is 0 Å². The molecule has 0 aliphatic rings. The molecule has 0 bridgehead atoms. The van der Waals surface area contributed by atoms with E-state index in [1.54, 1.807) is 6.07 Å². The Morgan fingerprint density at radius 2 is 1.67 bits per heavy atom.